The summed E-state index contributed by atoms with van der Waals surface area (Å²) in [5, 5.41) is 0. The van der Waals surface area contributed by atoms with E-state index in [4.69, 9.17) is 21.1 Å². The molecule has 0 amide bonds. The van der Waals surface area contributed by atoms with Crippen molar-refractivity contribution >= 4 is 22.6 Å². The Kier molecular flexibility index (Phi) is 5.41. The average Bonchev–Trinajstić information content (AvgIpc) is 2.65. The third kappa shape index (κ3) is 5.14. The fraction of sp³-hybridized carbons (Fsp3) is 1.00. The van der Waals surface area contributed by atoms with Crippen molar-refractivity contribution in [2.75, 3.05) is 19.1 Å². The van der Waals surface area contributed by atoms with Gasteiger partial charge in [-0.2, -0.15) is 0 Å². The molecule has 0 N–H and O–H groups in total. The van der Waals surface area contributed by atoms with E-state index in [1.807, 2.05) is 0 Å². The second-order valence-electron chi connectivity index (χ2n) is 3.47. The Morgan fingerprint density at radius 1 is 1.58 bits per heavy atom. The summed E-state index contributed by atoms with van der Waals surface area (Å²) in [6, 6.07) is 0. The highest BCUT2D eigenvalue weighted by Gasteiger charge is 2.26. The molecular formula is C8H19ClO2Si. The lowest BCUT2D eigenvalue weighted by atomic mass is 10.1. The van der Waals surface area contributed by atoms with Gasteiger partial charge in [-0.25, -0.2) is 0 Å². The number of hydrogen-bond donors (Lipinski definition) is 0. The molecule has 0 aliphatic carbocycles. The summed E-state index contributed by atoms with van der Waals surface area (Å²) in [6.07, 6.45) is 1.24. The van der Waals surface area contributed by atoms with Gasteiger partial charge < -0.3 is 9.47 Å². The molecule has 0 saturated carbocycles. The minimum atomic E-state index is -0.0896. The van der Waals surface area contributed by atoms with Crippen molar-refractivity contribution in [1.29, 1.82) is 0 Å². The third-order valence-electron chi connectivity index (χ3n) is 1.76. The summed E-state index contributed by atoms with van der Waals surface area (Å²) in [7, 11) is 0. The number of hydrogen-bond acceptors (Lipinski definition) is 2. The van der Waals surface area contributed by atoms with Crippen molar-refractivity contribution in [3.63, 3.8) is 0 Å². The van der Waals surface area contributed by atoms with Gasteiger partial charge in [0.15, 0.2) is 0 Å². The highest BCUT2D eigenvalue weighted by molar-refractivity contribution is 6.17. The maximum Gasteiger partial charge on any atom is 0.104 e. The van der Waals surface area contributed by atoms with Crippen molar-refractivity contribution < 1.29 is 9.47 Å². The van der Waals surface area contributed by atoms with Gasteiger partial charge in [-0.05, 0) is 31.2 Å². The van der Waals surface area contributed by atoms with E-state index in [-0.39, 0.29) is 16.6 Å². The Morgan fingerprint density at radius 3 is 2.58 bits per heavy atom. The second kappa shape index (κ2) is 5.22. The summed E-state index contributed by atoms with van der Waals surface area (Å²) in [6.45, 7) is 5.68. The van der Waals surface area contributed by atoms with Crippen LogP contribution in [0.4, 0.5) is 0 Å². The lowest BCUT2D eigenvalue weighted by molar-refractivity contribution is -0.0260. The van der Waals surface area contributed by atoms with Gasteiger partial charge in [0.05, 0.1) is 18.8 Å². The lowest BCUT2D eigenvalue weighted by Crippen LogP contribution is -2.26. The van der Waals surface area contributed by atoms with E-state index in [9.17, 15) is 0 Å². The third-order valence-corrected chi connectivity index (χ3v) is 1.95. The van der Waals surface area contributed by atoms with Gasteiger partial charge in [0.2, 0.25) is 0 Å². The molecule has 2 nitrogen and oxygen atoms in total. The molecule has 1 atom stereocenters. The topological polar surface area (TPSA) is 21.8 Å². The maximum absolute atomic E-state index is 5.61. The Labute approximate surface area is 83.6 Å². The molecule has 12 heavy (non-hydrogen) atoms. The smallest absolute Gasteiger partial charge is 0.104 e. The van der Waals surface area contributed by atoms with Crippen LogP contribution in [0.1, 0.15) is 20.3 Å². The van der Waals surface area contributed by atoms with Gasteiger partial charge >= 0.3 is 0 Å². The highest BCUT2D eigenvalue weighted by Crippen LogP contribution is 2.18. The molecule has 1 aliphatic rings. The zero-order valence-corrected chi connectivity index (χ0v) is 7.86. The number of ether oxygens (including phenoxy) is 2. The highest BCUT2D eigenvalue weighted by atomic mass is 35.5. The van der Waals surface area contributed by atoms with Crippen LogP contribution in [0.25, 0.3) is 0 Å². The van der Waals surface area contributed by atoms with E-state index in [1.54, 1.807) is 0 Å². The van der Waals surface area contributed by atoms with Gasteiger partial charge in [0, 0.05) is 5.88 Å². The number of alkyl halides is 1. The first-order valence-electron chi connectivity index (χ1n) is 3.95. The van der Waals surface area contributed by atoms with Gasteiger partial charge in [-0.3, -0.25) is 0 Å². The average molecular weight is 211 g/mol. The minimum absolute atomic E-state index is 0. The van der Waals surface area contributed by atoms with Gasteiger partial charge in [-0.15, -0.1) is 11.6 Å². The Bertz CT molecular complexity index is 126. The largest absolute Gasteiger partial charge is 0.373 e. The Hall–Kier alpha value is 0.427. The van der Waals surface area contributed by atoms with Crippen LogP contribution in [0.2, 0.25) is 0 Å². The van der Waals surface area contributed by atoms with Crippen molar-refractivity contribution in [2.45, 2.75) is 32.0 Å². The van der Waals surface area contributed by atoms with E-state index in [0.29, 0.717) is 18.6 Å². The zero-order valence-electron chi connectivity index (χ0n) is 7.10. The Morgan fingerprint density at radius 2 is 2.17 bits per heavy atom. The van der Waals surface area contributed by atoms with Crippen molar-refractivity contribution in [3.8, 4) is 0 Å². The fourth-order valence-electron chi connectivity index (χ4n) is 0.783. The molecule has 1 aliphatic heterocycles. The van der Waals surface area contributed by atoms with E-state index < -0.39 is 0 Å². The number of rotatable bonds is 5. The molecule has 1 unspecified atom stereocenters. The van der Waals surface area contributed by atoms with E-state index in [1.165, 1.54) is 0 Å². The quantitative estimate of drug-likeness (QED) is 0.371. The van der Waals surface area contributed by atoms with Gasteiger partial charge in [0.25, 0.3) is 0 Å². The van der Waals surface area contributed by atoms with Crippen LogP contribution in [-0.2, 0) is 9.47 Å². The van der Waals surface area contributed by atoms with Crippen LogP contribution < -0.4 is 0 Å². The summed E-state index contributed by atoms with van der Waals surface area (Å²) >= 11 is 5.61. The molecule has 0 radical (unpaired) electrons. The second-order valence-corrected chi connectivity index (χ2v) is 3.84. The predicted octanol–water partition coefficient (Wildman–Crippen LogP) is 0.358. The molecule has 1 heterocycles. The maximum atomic E-state index is 5.61. The zero-order chi connectivity index (χ0) is 8.32. The van der Waals surface area contributed by atoms with E-state index in [0.717, 1.165) is 13.0 Å². The molecule has 0 aromatic heterocycles. The lowest BCUT2D eigenvalue weighted by Gasteiger charge is -2.23. The van der Waals surface area contributed by atoms with Crippen LogP contribution in [-0.4, -0.2) is 41.8 Å². The van der Waals surface area contributed by atoms with E-state index in [2.05, 4.69) is 13.8 Å². The first kappa shape index (κ1) is 12.4. The van der Waals surface area contributed by atoms with Crippen LogP contribution >= 0.6 is 11.6 Å². The standard InChI is InChI=1S/C8H15ClO2.H4Si/c1-8(2,3-4-9)11-6-7-5-10-7;/h7H,3-6H2,1-2H3;1H4. The van der Waals surface area contributed by atoms with Crippen molar-refractivity contribution in [2.24, 2.45) is 0 Å². The monoisotopic (exact) mass is 210 g/mol. The molecule has 1 rings (SSSR count). The summed E-state index contributed by atoms with van der Waals surface area (Å²) in [5.41, 5.74) is -0.0896. The summed E-state index contributed by atoms with van der Waals surface area (Å²) in [5.74, 6) is 0.651. The minimum Gasteiger partial charge on any atom is -0.373 e. The molecule has 0 spiro atoms. The van der Waals surface area contributed by atoms with Crippen LogP contribution in [0, 0.1) is 0 Å². The molecule has 1 fully saturated rings. The summed E-state index contributed by atoms with van der Waals surface area (Å²) in [4.78, 5) is 0. The molecule has 1 saturated heterocycles. The first-order valence-corrected chi connectivity index (χ1v) is 4.49. The molecule has 4 heteroatoms. The fourth-order valence-corrected chi connectivity index (χ4v) is 1.24. The SMILES string of the molecule is CC(C)(CCCl)OCC1CO1.[SiH4]. The first-order chi connectivity index (χ1) is 5.14. The van der Waals surface area contributed by atoms with Crippen LogP contribution in [0.3, 0.4) is 0 Å². The molecule has 0 bridgehead atoms. The van der Waals surface area contributed by atoms with Gasteiger partial charge in [0.1, 0.15) is 6.10 Å². The molecule has 0 aromatic rings. The molecule has 74 valence electrons. The van der Waals surface area contributed by atoms with Crippen molar-refractivity contribution in [1.82, 2.24) is 0 Å². The molecular weight excluding hydrogens is 192 g/mol. The normalized spacial score (nSPS) is 21.8. The van der Waals surface area contributed by atoms with Crippen LogP contribution in [0.15, 0.2) is 0 Å². The number of epoxide rings is 1. The summed E-state index contributed by atoms with van der Waals surface area (Å²) < 4.78 is 10.6. The van der Waals surface area contributed by atoms with Gasteiger partial charge in [-0.1, -0.05) is 0 Å². The predicted molar refractivity (Wildman–Crippen MR) is 56.4 cm³/mol. The van der Waals surface area contributed by atoms with Crippen molar-refractivity contribution in [3.05, 3.63) is 0 Å². The Balaban J connectivity index is 0.00000121. The van der Waals surface area contributed by atoms with E-state index >= 15 is 0 Å². The van der Waals surface area contributed by atoms with Crippen LogP contribution in [0.5, 0.6) is 0 Å². The molecule has 0 aromatic carbocycles. The number of halogens is 1.